The Balaban J connectivity index is 0.000000103. The van der Waals surface area contributed by atoms with Crippen LogP contribution in [0.2, 0.25) is 0 Å². The number of rotatable bonds is 9. The molecule has 0 aliphatic heterocycles. The summed E-state index contributed by atoms with van der Waals surface area (Å²) in [6.07, 6.45) is 0. The number of pyridine rings is 4. The predicted molar refractivity (Wildman–Crippen MR) is 611 cm³/mol. The van der Waals surface area contributed by atoms with Gasteiger partial charge >= 0.3 is 0 Å². The first-order valence-corrected chi connectivity index (χ1v) is 51.0. The fraction of sp³-hybridized carbons (Fsp3) is 0. The molecule has 31 aromatic rings. The summed E-state index contributed by atoms with van der Waals surface area (Å²) in [7, 11) is 0. The standard InChI is InChI=1S/C48H28N2S.C45H25NOS.C40H24N4S/c1-2-13-29(14-3-1)46-40-28-39(32-17-4-5-19-34(32)44(40)36-20-6-9-22-41(36)49-46)30-15-12-16-31(27-30)47-38-26-25-35-33-18-8-11-24-43(33)51-48(35)45(38)37-21-7-10-23-42(37)50-47;1-2-11-27-25-39-37(23-26(27)10-1)41-31-15-4-3-12-29(31)24-36(44(41)47-39)28-13-9-14-30(22-28)43-35-21-20-33-32-16-6-8-19-40(32)48-45(33)42(35)34-17-5-7-18-38(34)46-43;1-3-11-26(12-4-1)38-42-39(27-13-5-2-6-14-27)44-40(43-38)28-21-19-25(20-22-28)36-32-24-23-30-29-15-8-10-18-34(29)45-37(30)35(32)31-16-7-9-17-33(31)41-36/h1-28H;1-25H;1-24H. The molecule has 0 unspecified atom stereocenters. The molecule has 0 spiro atoms. The van der Waals surface area contributed by atoms with Gasteiger partial charge in [0.05, 0.1) is 44.8 Å². The van der Waals surface area contributed by atoms with E-state index < -0.39 is 0 Å². The van der Waals surface area contributed by atoms with Crippen LogP contribution in [0.3, 0.4) is 0 Å². The Labute approximate surface area is 836 Å². The maximum absolute atomic E-state index is 6.79. The van der Waals surface area contributed by atoms with Gasteiger partial charge in [0, 0.05) is 180 Å². The highest BCUT2D eigenvalue weighted by Crippen LogP contribution is 2.52. The molecule has 31 rings (SSSR count). The fourth-order valence-corrected chi connectivity index (χ4v) is 25.9. The molecule has 668 valence electrons. The number of thiophene rings is 3. The van der Waals surface area contributed by atoms with E-state index >= 15 is 0 Å². The smallest absolute Gasteiger partial charge is 0.164 e. The van der Waals surface area contributed by atoms with Crippen LogP contribution in [-0.2, 0) is 0 Å². The lowest BCUT2D eigenvalue weighted by Gasteiger charge is -2.17. The van der Waals surface area contributed by atoms with Crippen molar-refractivity contribution >= 4 is 235 Å². The molecule has 11 heteroatoms. The van der Waals surface area contributed by atoms with Gasteiger partial charge in [0.1, 0.15) is 11.2 Å². The molecule has 0 bridgehead atoms. The van der Waals surface area contributed by atoms with Crippen LogP contribution in [0.4, 0.5) is 0 Å². The molecule has 0 N–H and O–H groups in total. The second-order valence-electron chi connectivity index (χ2n) is 37.0. The number of aromatic nitrogens is 7. The van der Waals surface area contributed by atoms with Gasteiger partial charge < -0.3 is 4.42 Å². The third-order valence-corrected chi connectivity index (χ3v) is 32.3. The van der Waals surface area contributed by atoms with Crippen LogP contribution < -0.4 is 0 Å². The van der Waals surface area contributed by atoms with Crippen molar-refractivity contribution in [3.8, 4) is 101 Å². The molecule has 0 saturated heterocycles. The summed E-state index contributed by atoms with van der Waals surface area (Å²) in [5, 5.41) is 31.8. The molecule has 22 aromatic carbocycles. The summed E-state index contributed by atoms with van der Waals surface area (Å²) in [4.78, 5) is 35.8. The quantitative estimate of drug-likeness (QED) is 0.132. The molecule has 0 amide bonds. The van der Waals surface area contributed by atoms with E-state index in [9.17, 15) is 0 Å². The lowest BCUT2D eigenvalue weighted by molar-refractivity contribution is 0.671. The molecule has 0 fully saturated rings. The van der Waals surface area contributed by atoms with Crippen molar-refractivity contribution in [1.82, 2.24) is 34.9 Å². The maximum atomic E-state index is 6.79. The zero-order valence-corrected chi connectivity index (χ0v) is 79.7. The van der Waals surface area contributed by atoms with E-state index in [2.05, 4.69) is 406 Å². The zero-order chi connectivity index (χ0) is 94.6. The van der Waals surface area contributed by atoms with Gasteiger partial charge in [0.25, 0.3) is 0 Å². The van der Waals surface area contributed by atoms with E-state index in [1.54, 1.807) is 0 Å². The minimum absolute atomic E-state index is 0.637. The topological polar surface area (TPSA) is 103 Å². The van der Waals surface area contributed by atoms with Gasteiger partial charge in [-0.05, 0) is 128 Å². The maximum Gasteiger partial charge on any atom is 0.164 e. The summed E-state index contributed by atoms with van der Waals surface area (Å²) in [6, 6.07) is 166. The third kappa shape index (κ3) is 13.7. The molecular formula is C133H77N7OS3. The SMILES string of the molecule is c1cc(-c2nc3ccccc3c3c2ccc2c4ccccc4sc23)cc(-c2cc3ccccc3c3c2oc2cc4ccccc4cc23)c1.c1ccc(-c2nc(-c3ccccc3)nc(-c3ccc(-c4nc5ccccc5c5c4ccc4c6ccccc6sc45)cc3)n2)cc1.c1ccc(-c2nc3ccccc3c3c2cc(-c2cccc(-c4nc5ccccc5c5c4ccc4c6ccccc6sc45)c2)c2ccccc23)cc1. The molecule has 8 nitrogen and oxygen atoms in total. The number of furan rings is 1. The van der Waals surface area contributed by atoms with Crippen LogP contribution in [0.1, 0.15) is 0 Å². The number of nitrogens with zero attached hydrogens (tertiary/aromatic N) is 7. The first-order valence-electron chi connectivity index (χ1n) is 48.5. The average Bonchev–Trinajstić information content (AvgIpc) is 0.936. The van der Waals surface area contributed by atoms with Crippen molar-refractivity contribution in [2.75, 3.05) is 0 Å². The van der Waals surface area contributed by atoms with Crippen LogP contribution in [-0.4, -0.2) is 34.9 Å². The predicted octanol–water partition coefficient (Wildman–Crippen LogP) is 37.5. The van der Waals surface area contributed by atoms with Crippen molar-refractivity contribution in [3.63, 3.8) is 0 Å². The van der Waals surface area contributed by atoms with Gasteiger partial charge in [-0.2, -0.15) is 0 Å². The van der Waals surface area contributed by atoms with Gasteiger partial charge in [-0.3, -0.25) is 0 Å². The normalized spacial score (nSPS) is 11.9. The zero-order valence-electron chi connectivity index (χ0n) is 77.2. The van der Waals surface area contributed by atoms with Crippen LogP contribution in [0.15, 0.2) is 472 Å². The van der Waals surface area contributed by atoms with Crippen LogP contribution in [0, 0.1) is 0 Å². The molecule has 9 aromatic heterocycles. The summed E-state index contributed by atoms with van der Waals surface area (Å²) < 4.78 is 14.6. The number of hydrogen-bond acceptors (Lipinski definition) is 11. The minimum Gasteiger partial charge on any atom is -0.455 e. The molecule has 0 radical (unpaired) electrons. The summed E-state index contributed by atoms with van der Waals surface area (Å²) in [5.41, 5.74) is 21.5. The molecular weight excluding hydrogens is 1810 g/mol. The monoisotopic (exact) mass is 1880 g/mol. The van der Waals surface area contributed by atoms with Gasteiger partial charge in [-0.15, -0.1) is 34.0 Å². The second kappa shape index (κ2) is 33.8. The molecule has 0 saturated carbocycles. The van der Waals surface area contributed by atoms with Crippen molar-refractivity contribution in [2.45, 2.75) is 0 Å². The van der Waals surface area contributed by atoms with Crippen molar-refractivity contribution < 1.29 is 4.42 Å². The fourth-order valence-electron chi connectivity index (χ4n) is 22.1. The van der Waals surface area contributed by atoms with Gasteiger partial charge in [0.2, 0.25) is 0 Å². The Kier molecular flexibility index (Phi) is 19.4. The Morgan fingerprint density at radius 3 is 0.944 bits per heavy atom. The number of para-hydroxylation sites is 4. The summed E-state index contributed by atoms with van der Waals surface area (Å²) in [6.45, 7) is 0. The van der Waals surface area contributed by atoms with E-state index in [1.165, 1.54) is 152 Å². The first-order chi connectivity index (χ1) is 71.4. The number of hydrogen-bond donors (Lipinski definition) is 0. The van der Waals surface area contributed by atoms with E-state index in [0.29, 0.717) is 17.5 Å². The number of fused-ring (bicyclic) bond motifs is 32. The summed E-state index contributed by atoms with van der Waals surface area (Å²) >= 11 is 5.61. The van der Waals surface area contributed by atoms with Crippen LogP contribution in [0.25, 0.3) is 303 Å². The van der Waals surface area contributed by atoms with Crippen molar-refractivity contribution in [3.05, 3.63) is 467 Å². The molecule has 144 heavy (non-hydrogen) atoms. The summed E-state index contributed by atoms with van der Waals surface area (Å²) in [5.74, 6) is 1.94. The molecule has 0 atom stereocenters. The average molecular weight is 1890 g/mol. The Bertz CT molecular complexity index is 10700. The molecule has 0 aliphatic rings. The third-order valence-electron chi connectivity index (χ3n) is 28.7. The highest BCUT2D eigenvalue weighted by atomic mass is 32.1. The Morgan fingerprint density at radius 2 is 0.479 bits per heavy atom. The van der Waals surface area contributed by atoms with E-state index in [4.69, 9.17) is 39.3 Å². The van der Waals surface area contributed by atoms with Crippen LogP contribution >= 0.6 is 34.0 Å². The highest BCUT2D eigenvalue weighted by Gasteiger charge is 2.26. The lowest BCUT2D eigenvalue weighted by atomic mass is 9.89. The van der Waals surface area contributed by atoms with Gasteiger partial charge in [-0.1, -0.05) is 388 Å². The highest BCUT2D eigenvalue weighted by molar-refractivity contribution is 7.27. The van der Waals surface area contributed by atoms with Gasteiger partial charge in [0.15, 0.2) is 17.5 Å². The number of benzene rings is 22. The lowest BCUT2D eigenvalue weighted by Crippen LogP contribution is -2.00. The second-order valence-corrected chi connectivity index (χ2v) is 40.1. The first kappa shape index (κ1) is 82.8. The molecule has 9 heterocycles. The van der Waals surface area contributed by atoms with E-state index in [0.717, 1.165) is 133 Å². The van der Waals surface area contributed by atoms with E-state index in [1.807, 2.05) is 94.7 Å². The van der Waals surface area contributed by atoms with E-state index in [-0.39, 0.29) is 0 Å². The Morgan fingerprint density at radius 1 is 0.160 bits per heavy atom. The van der Waals surface area contributed by atoms with Crippen molar-refractivity contribution in [1.29, 1.82) is 0 Å². The Hall–Kier alpha value is -18.2. The van der Waals surface area contributed by atoms with Crippen molar-refractivity contribution in [2.24, 2.45) is 0 Å². The van der Waals surface area contributed by atoms with Crippen LogP contribution in [0.5, 0.6) is 0 Å². The minimum atomic E-state index is 0.637. The molecule has 0 aliphatic carbocycles. The van der Waals surface area contributed by atoms with Gasteiger partial charge in [-0.25, -0.2) is 34.9 Å². The largest absolute Gasteiger partial charge is 0.455 e.